The SMILES string of the molecule is O=CCCS(=O)(=O)c1ccc2cc(Cl)ccc2c1. The molecule has 2 aromatic carbocycles. The summed E-state index contributed by atoms with van der Waals surface area (Å²) in [4.78, 5) is 10.5. The molecule has 0 saturated carbocycles. The first-order valence-corrected chi connectivity index (χ1v) is 7.42. The van der Waals surface area contributed by atoms with Gasteiger partial charge >= 0.3 is 0 Å². The van der Waals surface area contributed by atoms with E-state index in [1.807, 2.05) is 0 Å². The second-order valence-electron chi connectivity index (χ2n) is 3.93. The highest BCUT2D eigenvalue weighted by molar-refractivity contribution is 7.91. The predicted octanol–water partition coefficient (Wildman–Crippen LogP) is 2.86. The lowest BCUT2D eigenvalue weighted by atomic mass is 10.1. The van der Waals surface area contributed by atoms with Gasteiger partial charge in [-0.3, -0.25) is 0 Å². The molecule has 5 heteroatoms. The fraction of sp³-hybridized carbons (Fsp3) is 0.154. The van der Waals surface area contributed by atoms with Crippen molar-refractivity contribution in [3.63, 3.8) is 0 Å². The van der Waals surface area contributed by atoms with E-state index in [-0.39, 0.29) is 17.1 Å². The second-order valence-corrected chi connectivity index (χ2v) is 6.47. The quantitative estimate of drug-likeness (QED) is 0.810. The number of sulfone groups is 1. The molecule has 0 saturated heterocycles. The average Bonchev–Trinajstić information content (AvgIpc) is 2.35. The highest BCUT2D eigenvalue weighted by atomic mass is 35.5. The van der Waals surface area contributed by atoms with Gasteiger partial charge in [-0.15, -0.1) is 0 Å². The van der Waals surface area contributed by atoms with E-state index in [1.165, 1.54) is 0 Å². The molecular formula is C13H11ClO3S. The maximum absolute atomic E-state index is 11.9. The standard InChI is InChI=1S/C13H11ClO3S/c14-12-4-2-11-9-13(5-3-10(11)8-12)18(16,17)7-1-6-15/h2-6,8-9H,1,7H2. The lowest BCUT2D eigenvalue weighted by Crippen LogP contribution is -2.07. The topological polar surface area (TPSA) is 51.2 Å². The summed E-state index contributed by atoms with van der Waals surface area (Å²) in [6, 6.07) is 10.1. The van der Waals surface area contributed by atoms with Crippen molar-refractivity contribution in [3.05, 3.63) is 41.4 Å². The van der Waals surface area contributed by atoms with E-state index in [0.717, 1.165) is 10.8 Å². The van der Waals surface area contributed by atoms with Gasteiger partial charge in [0.25, 0.3) is 0 Å². The molecule has 2 aromatic rings. The zero-order chi connectivity index (χ0) is 13.2. The lowest BCUT2D eigenvalue weighted by molar-refractivity contribution is -0.107. The van der Waals surface area contributed by atoms with Gasteiger partial charge in [0, 0.05) is 11.4 Å². The third-order valence-corrected chi connectivity index (χ3v) is 4.62. The summed E-state index contributed by atoms with van der Waals surface area (Å²) in [5.74, 6) is -0.157. The Kier molecular flexibility index (Phi) is 3.68. The Hall–Kier alpha value is -1.39. The minimum absolute atomic E-state index is 0.0149. The van der Waals surface area contributed by atoms with E-state index in [2.05, 4.69) is 0 Å². The predicted molar refractivity (Wildman–Crippen MR) is 71.7 cm³/mol. The summed E-state index contributed by atoms with van der Waals surface area (Å²) in [5.41, 5.74) is 0. The summed E-state index contributed by atoms with van der Waals surface area (Å²) < 4.78 is 23.8. The maximum Gasteiger partial charge on any atom is 0.178 e. The van der Waals surface area contributed by atoms with Crippen LogP contribution in [-0.2, 0) is 14.6 Å². The van der Waals surface area contributed by atoms with Crippen LogP contribution in [0.25, 0.3) is 10.8 Å². The van der Waals surface area contributed by atoms with Crippen molar-refractivity contribution in [2.45, 2.75) is 11.3 Å². The maximum atomic E-state index is 11.9. The van der Waals surface area contributed by atoms with Crippen LogP contribution < -0.4 is 0 Å². The molecule has 0 spiro atoms. The smallest absolute Gasteiger partial charge is 0.178 e. The average molecular weight is 283 g/mol. The summed E-state index contributed by atoms with van der Waals surface area (Å²) in [5, 5.41) is 2.31. The second kappa shape index (κ2) is 5.08. The number of hydrogen-bond donors (Lipinski definition) is 0. The van der Waals surface area contributed by atoms with Gasteiger partial charge in [-0.1, -0.05) is 23.7 Å². The van der Waals surface area contributed by atoms with Crippen molar-refractivity contribution < 1.29 is 13.2 Å². The first-order chi connectivity index (χ1) is 8.53. The van der Waals surface area contributed by atoms with Gasteiger partial charge < -0.3 is 4.79 Å². The van der Waals surface area contributed by atoms with Gasteiger partial charge in [0.15, 0.2) is 9.84 Å². The van der Waals surface area contributed by atoms with Crippen LogP contribution in [0.3, 0.4) is 0 Å². The number of benzene rings is 2. The molecule has 94 valence electrons. The van der Waals surface area contributed by atoms with E-state index in [9.17, 15) is 13.2 Å². The van der Waals surface area contributed by atoms with Crippen LogP contribution >= 0.6 is 11.6 Å². The minimum Gasteiger partial charge on any atom is -0.303 e. The number of rotatable bonds is 4. The van der Waals surface area contributed by atoms with Crippen molar-refractivity contribution in [2.24, 2.45) is 0 Å². The zero-order valence-corrected chi connectivity index (χ0v) is 11.0. The molecule has 0 N–H and O–H groups in total. The van der Waals surface area contributed by atoms with Crippen molar-refractivity contribution in [3.8, 4) is 0 Å². The van der Waals surface area contributed by atoms with Crippen LogP contribution in [0.5, 0.6) is 0 Å². The van der Waals surface area contributed by atoms with E-state index < -0.39 is 9.84 Å². The Morgan fingerprint density at radius 3 is 2.44 bits per heavy atom. The molecule has 18 heavy (non-hydrogen) atoms. The number of hydrogen-bond acceptors (Lipinski definition) is 3. The molecule has 0 aliphatic heterocycles. The van der Waals surface area contributed by atoms with Crippen molar-refractivity contribution in [1.82, 2.24) is 0 Å². The molecule has 0 aliphatic rings. The van der Waals surface area contributed by atoms with Crippen molar-refractivity contribution in [2.75, 3.05) is 5.75 Å². The van der Waals surface area contributed by atoms with Crippen LogP contribution in [0.15, 0.2) is 41.3 Å². The van der Waals surface area contributed by atoms with Crippen molar-refractivity contribution >= 4 is 38.5 Å². The van der Waals surface area contributed by atoms with Gasteiger partial charge in [0.05, 0.1) is 10.6 Å². The fourth-order valence-corrected chi connectivity index (χ4v) is 3.11. The summed E-state index contributed by atoms with van der Waals surface area (Å²) in [6.07, 6.45) is 0.624. The first-order valence-electron chi connectivity index (χ1n) is 5.39. The summed E-state index contributed by atoms with van der Waals surface area (Å²) in [7, 11) is -3.39. The molecule has 2 rings (SSSR count). The summed E-state index contributed by atoms with van der Waals surface area (Å²) >= 11 is 5.86. The Balaban J connectivity index is 2.47. The first kappa shape index (κ1) is 13.1. The third kappa shape index (κ3) is 2.71. The van der Waals surface area contributed by atoms with E-state index >= 15 is 0 Å². The summed E-state index contributed by atoms with van der Waals surface area (Å²) in [6.45, 7) is 0. The van der Waals surface area contributed by atoms with Crippen molar-refractivity contribution in [1.29, 1.82) is 0 Å². The molecule has 0 radical (unpaired) electrons. The molecule has 0 atom stereocenters. The number of aldehydes is 1. The molecule has 0 aliphatic carbocycles. The van der Waals surface area contributed by atoms with Crippen LogP contribution in [0.1, 0.15) is 6.42 Å². The number of halogens is 1. The molecule has 0 aromatic heterocycles. The normalized spacial score (nSPS) is 11.6. The van der Waals surface area contributed by atoms with Crippen LogP contribution in [0.4, 0.5) is 0 Å². The molecule has 3 nitrogen and oxygen atoms in total. The lowest BCUT2D eigenvalue weighted by Gasteiger charge is -2.04. The van der Waals surface area contributed by atoms with Crippen LogP contribution in [0, 0.1) is 0 Å². The Bertz CT molecular complexity index is 692. The van der Waals surface area contributed by atoms with Crippen LogP contribution in [0.2, 0.25) is 5.02 Å². The van der Waals surface area contributed by atoms with Crippen LogP contribution in [-0.4, -0.2) is 20.5 Å². The van der Waals surface area contributed by atoms with Gasteiger partial charge in [0.1, 0.15) is 6.29 Å². The Labute approximate surface area is 110 Å². The Morgan fingerprint density at radius 1 is 1.06 bits per heavy atom. The van der Waals surface area contributed by atoms with Gasteiger partial charge in [-0.25, -0.2) is 8.42 Å². The van der Waals surface area contributed by atoms with Gasteiger partial charge in [-0.2, -0.15) is 0 Å². The minimum atomic E-state index is -3.39. The number of fused-ring (bicyclic) bond motifs is 1. The molecule has 0 heterocycles. The number of carbonyl (C=O) groups is 1. The third-order valence-electron chi connectivity index (χ3n) is 2.64. The highest BCUT2D eigenvalue weighted by Crippen LogP contribution is 2.23. The Morgan fingerprint density at radius 2 is 1.72 bits per heavy atom. The highest BCUT2D eigenvalue weighted by Gasteiger charge is 2.14. The monoisotopic (exact) mass is 282 g/mol. The number of carbonyl (C=O) groups excluding carboxylic acids is 1. The molecule has 0 fully saturated rings. The van der Waals surface area contributed by atoms with Gasteiger partial charge in [-0.05, 0) is 35.0 Å². The largest absolute Gasteiger partial charge is 0.303 e. The fourth-order valence-electron chi connectivity index (χ4n) is 1.71. The molecule has 0 amide bonds. The van der Waals surface area contributed by atoms with E-state index in [0.29, 0.717) is 11.3 Å². The molecule has 0 unspecified atom stereocenters. The van der Waals surface area contributed by atoms with E-state index in [4.69, 9.17) is 11.6 Å². The molecular weight excluding hydrogens is 272 g/mol. The molecule has 0 bridgehead atoms. The van der Waals surface area contributed by atoms with Gasteiger partial charge in [0.2, 0.25) is 0 Å². The zero-order valence-electron chi connectivity index (χ0n) is 9.47. The van der Waals surface area contributed by atoms with E-state index in [1.54, 1.807) is 36.4 Å².